The number of aromatic nitrogens is 2. The second kappa shape index (κ2) is 8.11. The number of nitrogens with one attached hydrogen (secondary N) is 2. The van der Waals surface area contributed by atoms with Crippen molar-refractivity contribution in [1.82, 2.24) is 15.3 Å². The minimum atomic E-state index is -0.186. The number of hydrogen-bond acceptors (Lipinski definition) is 4. The predicted molar refractivity (Wildman–Crippen MR) is 95.4 cm³/mol. The monoisotopic (exact) mass is 344 g/mol. The Morgan fingerprint density at radius 1 is 1.25 bits per heavy atom. The molecule has 1 saturated carbocycles. The summed E-state index contributed by atoms with van der Waals surface area (Å²) < 4.78 is 0. The molecule has 1 amide bonds. The highest BCUT2D eigenvalue weighted by atomic mass is 35.5. The van der Waals surface area contributed by atoms with Crippen LogP contribution in [0.15, 0.2) is 36.5 Å². The molecule has 2 N–H and O–H groups in total. The number of benzene rings is 1. The Kier molecular flexibility index (Phi) is 5.64. The summed E-state index contributed by atoms with van der Waals surface area (Å²) >= 11 is 5.96. The van der Waals surface area contributed by atoms with Gasteiger partial charge in [-0.15, -0.1) is 0 Å². The third-order valence-corrected chi connectivity index (χ3v) is 4.40. The van der Waals surface area contributed by atoms with E-state index in [0.29, 0.717) is 29.3 Å². The Balaban J connectivity index is 1.52. The molecule has 1 aromatic carbocycles. The molecule has 1 aromatic heterocycles. The van der Waals surface area contributed by atoms with Crippen molar-refractivity contribution in [3.8, 4) is 0 Å². The van der Waals surface area contributed by atoms with Crippen LogP contribution >= 0.6 is 11.6 Å². The number of rotatable bonds is 6. The van der Waals surface area contributed by atoms with Gasteiger partial charge in [0.15, 0.2) is 0 Å². The van der Waals surface area contributed by atoms with E-state index in [0.717, 1.165) is 24.8 Å². The van der Waals surface area contributed by atoms with E-state index in [-0.39, 0.29) is 5.91 Å². The van der Waals surface area contributed by atoms with Crippen molar-refractivity contribution in [1.29, 1.82) is 0 Å². The summed E-state index contributed by atoms with van der Waals surface area (Å²) in [6, 6.07) is 9.70. The van der Waals surface area contributed by atoms with Gasteiger partial charge in [0.25, 0.3) is 5.91 Å². The zero-order valence-corrected chi connectivity index (χ0v) is 14.2. The Morgan fingerprint density at radius 3 is 2.88 bits per heavy atom. The largest absolute Gasteiger partial charge is 0.351 e. The molecule has 1 aliphatic rings. The van der Waals surface area contributed by atoms with Crippen LogP contribution in [0.1, 0.15) is 41.7 Å². The second-order valence-electron chi connectivity index (χ2n) is 6.03. The third kappa shape index (κ3) is 4.68. The number of carbonyl (C=O) groups excluding carboxylic acids is 1. The molecule has 24 heavy (non-hydrogen) atoms. The maximum atomic E-state index is 12.2. The summed E-state index contributed by atoms with van der Waals surface area (Å²) in [6.07, 6.45) is 7.10. The van der Waals surface area contributed by atoms with Gasteiger partial charge in [-0.05, 0) is 43.0 Å². The van der Waals surface area contributed by atoms with Crippen molar-refractivity contribution < 1.29 is 4.79 Å². The fourth-order valence-corrected chi connectivity index (χ4v) is 3.12. The van der Waals surface area contributed by atoms with Crippen LogP contribution in [0.3, 0.4) is 0 Å². The van der Waals surface area contributed by atoms with Gasteiger partial charge in [0.2, 0.25) is 5.95 Å². The number of nitrogens with zero attached hydrogens (tertiary/aromatic N) is 2. The summed E-state index contributed by atoms with van der Waals surface area (Å²) in [5.41, 5.74) is 1.48. The van der Waals surface area contributed by atoms with E-state index in [9.17, 15) is 4.79 Å². The van der Waals surface area contributed by atoms with Crippen molar-refractivity contribution in [2.45, 2.75) is 38.1 Å². The SMILES string of the molecule is O=C(NCCc1cccc(Cl)c1)c1ccnc(NC2CCCC2)n1. The Morgan fingerprint density at radius 2 is 2.08 bits per heavy atom. The summed E-state index contributed by atoms with van der Waals surface area (Å²) in [5, 5.41) is 6.90. The first-order valence-electron chi connectivity index (χ1n) is 8.33. The molecule has 0 spiro atoms. The fraction of sp³-hybridized carbons (Fsp3) is 0.389. The van der Waals surface area contributed by atoms with Gasteiger partial charge >= 0.3 is 0 Å². The van der Waals surface area contributed by atoms with Gasteiger partial charge in [0, 0.05) is 23.8 Å². The van der Waals surface area contributed by atoms with Crippen molar-refractivity contribution in [2.24, 2.45) is 0 Å². The highest BCUT2D eigenvalue weighted by Gasteiger charge is 2.16. The lowest BCUT2D eigenvalue weighted by molar-refractivity contribution is 0.0949. The standard InChI is InChI=1S/C18H21ClN4O/c19-14-5-3-4-13(12-14)8-10-20-17(24)16-9-11-21-18(23-16)22-15-6-1-2-7-15/h3-5,9,11-12,15H,1-2,6-8,10H2,(H,20,24)(H,21,22,23). The summed E-state index contributed by atoms with van der Waals surface area (Å²) in [6.45, 7) is 0.536. The number of halogens is 1. The molecule has 126 valence electrons. The van der Waals surface area contributed by atoms with Crippen LogP contribution in [0, 0.1) is 0 Å². The minimum Gasteiger partial charge on any atom is -0.351 e. The topological polar surface area (TPSA) is 66.9 Å². The second-order valence-corrected chi connectivity index (χ2v) is 6.46. The number of anilines is 1. The summed E-state index contributed by atoms with van der Waals surface area (Å²) in [4.78, 5) is 20.8. The van der Waals surface area contributed by atoms with Gasteiger partial charge < -0.3 is 10.6 Å². The molecule has 0 aliphatic heterocycles. The molecule has 5 nitrogen and oxygen atoms in total. The van der Waals surface area contributed by atoms with E-state index in [1.54, 1.807) is 12.3 Å². The fourth-order valence-electron chi connectivity index (χ4n) is 2.91. The van der Waals surface area contributed by atoms with Gasteiger partial charge in [-0.3, -0.25) is 4.79 Å². The van der Waals surface area contributed by atoms with E-state index < -0.39 is 0 Å². The molecule has 2 aromatic rings. The maximum absolute atomic E-state index is 12.2. The summed E-state index contributed by atoms with van der Waals surface area (Å²) in [5.74, 6) is 0.346. The zero-order valence-electron chi connectivity index (χ0n) is 13.5. The van der Waals surface area contributed by atoms with Gasteiger partial charge in [0.05, 0.1) is 0 Å². The van der Waals surface area contributed by atoms with Gasteiger partial charge in [0.1, 0.15) is 5.69 Å². The molecule has 1 aliphatic carbocycles. The molecule has 3 rings (SSSR count). The average Bonchev–Trinajstić information content (AvgIpc) is 3.08. The van der Waals surface area contributed by atoms with Crippen molar-refractivity contribution in [3.05, 3.63) is 52.8 Å². The molecule has 0 unspecified atom stereocenters. The zero-order chi connectivity index (χ0) is 16.8. The van der Waals surface area contributed by atoms with E-state index in [1.807, 2.05) is 24.3 Å². The first kappa shape index (κ1) is 16.7. The molecule has 0 bridgehead atoms. The van der Waals surface area contributed by atoms with Crippen LogP contribution in [0.4, 0.5) is 5.95 Å². The van der Waals surface area contributed by atoms with Crippen molar-refractivity contribution in [2.75, 3.05) is 11.9 Å². The smallest absolute Gasteiger partial charge is 0.270 e. The predicted octanol–water partition coefficient (Wildman–Crippen LogP) is 3.46. The number of carbonyl (C=O) groups is 1. The van der Waals surface area contributed by atoms with Crippen LogP contribution in [0.2, 0.25) is 5.02 Å². The third-order valence-electron chi connectivity index (χ3n) is 4.16. The number of amides is 1. The van der Waals surface area contributed by atoms with Gasteiger partial charge in [-0.2, -0.15) is 0 Å². The Bertz CT molecular complexity index is 701. The quantitative estimate of drug-likeness (QED) is 0.842. The van der Waals surface area contributed by atoms with Crippen LogP contribution in [0.5, 0.6) is 0 Å². The Labute approximate surface area is 146 Å². The molecule has 0 atom stereocenters. The molecule has 0 radical (unpaired) electrons. The molecule has 0 saturated heterocycles. The Hall–Kier alpha value is -2.14. The van der Waals surface area contributed by atoms with Crippen LogP contribution < -0.4 is 10.6 Å². The first-order valence-corrected chi connectivity index (χ1v) is 8.71. The van der Waals surface area contributed by atoms with Crippen LogP contribution in [-0.4, -0.2) is 28.5 Å². The van der Waals surface area contributed by atoms with Crippen molar-refractivity contribution >= 4 is 23.5 Å². The normalized spacial score (nSPS) is 14.5. The lowest BCUT2D eigenvalue weighted by Crippen LogP contribution is -2.27. The minimum absolute atomic E-state index is 0.186. The van der Waals surface area contributed by atoms with Crippen molar-refractivity contribution in [3.63, 3.8) is 0 Å². The lowest BCUT2D eigenvalue weighted by atomic mass is 10.1. The van der Waals surface area contributed by atoms with Crippen LogP contribution in [-0.2, 0) is 6.42 Å². The van der Waals surface area contributed by atoms with E-state index >= 15 is 0 Å². The number of hydrogen-bond donors (Lipinski definition) is 2. The first-order chi connectivity index (χ1) is 11.7. The summed E-state index contributed by atoms with van der Waals surface area (Å²) in [7, 11) is 0. The lowest BCUT2D eigenvalue weighted by Gasteiger charge is -2.12. The molecule has 1 fully saturated rings. The van der Waals surface area contributed by atoms with E-state index in [4.69, 9.17) is 11.6 Å². The van der Waals surface area contributed by atoms with Gasteiger partial charge in [-0.25, -0.2) is 9.97 Å². The average molecular weight is 345 g/mol. The molecular weight excluding hydrogens is 324 g/mol. The van der Waals surface area contributed by atoms with E-state index in [2.05, 4.69) is 20.6 Å². The molecule has 6 heteroatoms. The van der Waals surface area contributed by atoms with Crippen LogP contribution in [0.25, 0.3) is 0 Å². The molecular formula is C18H21ClN4O. The highest BCUT2D eigenvalue weighted by Crippen LogP contribution is 2.20. The van der Waals surface area contributed by atoms with Gasteiger partial charge in [-0.1, -0.05) is 36.6 Å². The maximum Gasteiger partial charge on any atom is 0.270 e. The van der Waals surface area contributed by atoms with E-state index in [1.165, 1.54) is 12.8 Å². The highest BCUT2D eigenvalue weighted by molar-refractivity contribution is 6.30. The molecule has 1 heterocycles.